The molecule has 1 N–H and O–H groups in total. The van der Waals surface area contributed by atoms with Crippen LogP contribution in [0.5, 0.6) is 11.5 Å². The van der Waals surface area contributed by atoms with Gasteiger partial charge in [-0.05, 0) is 42.8 Å². The highest BCUT2D eigenvalue weighted by atomic mass is 79.9. The average molecular weight is 473 g/mol. The van der Waals surface area contributed by atoms with Crippen molar-refractivity contribution < 1.29 is 23.9 Å². The highest BCUT2D eigenvalue weighted by molar-refractivity contribution is 9.10. The summed E-state index contributed by atoms with van der Waals surface area (Å²) in [5.74, 6) is 0.383. The number of carbonyl (C=O) groups is 3. The van der Waals surface area contributed by atoms with E-state index in [4.69, 9.17) is 9.47 Å². The molecule has 1 atom stereocenters. The van der Waals surface area contributed by atoms with Gasteiger partial charge in [0, 0.05) is 23.9 Å². The van der Waals surface area contributed by atoms with E-state index in [2.05, 4.69) is 21.2 Å². The Balaban J connectivity index is 1.36. The Morgan fingerprint density at radius 1 is 1.07 bits per heavy atom. The molecule has 1 unspecified atom stereocenters. The van der Waals surface area contributed by atoms with Crippen LogP contribution in [0.3, 0.4) is 0 Å². The molecule has 0 aromatic heterocycles. The van der Waals surface area contributed by atoms with E-state index in [0.29, 0.717) is 35.8 Å². The first-order valence-corrected chi connectivity index (χ1v) is 10.6. The zero-order chi connectivity index (χ0) is 21.3. The van der Waals surface area contributed by atoms with Gasteiger partial charge >= 0.3 is 0 Å². The lowest BCUT2D eigenvalue weighted by atomic mass is 10.1. The first-order valence-electron chi connectivity index (χ1n) is 9.78. The molecule has 156 valence electrons. The van der Waals surface area contributed by atoms with E-state index in [-0.39, 0.29) is 36.7 Å². The van der Waals surface area contributed by atoms with Crippen LogP contribution in [0.4, 0.5) is 0 Å². The van der Waals surface area contributed by atoms with Crippen molar-refractivity contribution in [3.8, 4) is 11.5 Å². The van der Waals surface area contributed by atoms with E-state index >= 15 is 0 Å². The molecular weight excluding hydrogens is 452 g/mol. The largest absolute Gasteiger partial charge is 0.490 e. The predicted molar refractivity (Wildman–Crippen MR) is 113 cm³/mol. The summed E-state index contributed by atoms with van der Waals surface area (Å²) in [5, 5.41) is 2.91. The van der Waals surface area contributed by atoms with Gasteiger partial charge in [-0.2, -0.15) is 0 Å². The highest BCUT2D eigenvalue weighted by Crippen LogP contribution is 2.32. The van der Waals surface area contributed by atoms with Gasteiger partial charge in [0.25, 0.3) is 11.8 Å². The van der Waals surface area contributed by atoms with Crippen LogP contribution in [0, 0.1) is 0 Å². The van der Waals surface area contributed by atoms with Gasteiger partial charge in [0.15, 0.2) is 11.5 Å². The van der Waals surface area contributed by atoms with Crippen LogP contribution < -0.4 is 14.8 Å². The van der Waals surface area contributed by atoms with E-state index in [1.165, 1.54) is 0 Å². The summed E-state index contributed by atoms with van der Waals surface area (Å²) in [6.07, 6.45) is 0.854. The Bertz CT molecular complexity index is 1020. The lowest BCUT2D eigenvalue weighted by molar-refractivity contribution is -0.121. The fraction of sp³-hybridized carbons (Fsp3) is 0.318. The predicted octanol–water partition coefficient (Wildman–Crippen LogP) is 3.47. The summed E-state index contributed by atoms with van der Waals surface area (Å²) in [4.78, 5) is 38.5. The van der Waals surface area contributed by atoms with Crippen LogP contribution in [-0.2, 0) is 4.79 Å². The summed E-state index contributed by atoms with van der Waals surface area (Å²) in [6, 6.07) is 10.3. The number of hydrogen-bond acceptors (Lipinski definition) is 5. The van der Waals surface area contributed by atoms with E-state index in [9.17, 15) is 14.4 Å². The molecular formula is C22H21BrN2O5. The minimum absolute atomic E-state index is 0.0293. The number of nitrogens with zero attached hydrogens (tertiary/aromatic N) is 1. The third kappa shape index (κ3) is 4.05. The first kappa shape index (κ1) is 20.4. The van der Waals surface area contributed by atoms with Crippen LogP contribution in [-0.4, -0.2) is 42.4 Å². The van der Waals surface area contributed by atoms with Crippen LogP contribution in [0.1, 0.15) is 52.1 Å². The number of benzene rings is 2. The summed E-state index contributed by atoms with van der Waals surface area (Å²) < 4.78 is 12.1. The second kappa shape index (κ2) is 8.47. The molecule has 2 aromatic rings. The fourth-order valence-electron chi connectivity index (χ4n) is 3.53. The molecule has 8 heteroatoms. The summed E-state index contributed by atoms with van der Waals surface area (Å²) >= 11 is 3.31. The van der Waals surface area contributed by atoms with Crippen molar-refractivity contribution in [1.29, 1.82) is 0 Å². The molecule has 2 aliphatic heterocycles. The number of nitrogens with one attached hydrogen (secondary N) is 1. The topological polar surface area (TPSA) is 84.9 Å². The van der Waals surface area contributed by atoms with Crippen molar-refractivity contribution in [1.82, 2.24) is 10.2 Å². The minimum Gasteiger partial charge on any atom is -0.490 e. The molecule has 0 radical (unpaired) electrons. The highest BCUT2D eigenvalue weighted by Gasteiger charge is 2.35. The van der Waals surface area contributed by atoms with Crippen LogP contribution in [0.25, 0.3) is 0 Å². The Labute approximate surface area is 182 Å². The number of hydrogen-bond donors (Lipinski definition) is 1. The smallest absolute Gasteiger partial charge is 0.261 e. The Morgan fingerprint density at radius 2 is 1.80 bits per heavy atom. The number of imide groups is 1. The van der Waals surface area contributed by atoms with E-state index in [1.807, 2.05) is 25.1 Å². The number of rotatable bonds is 5. The van der Waals surface area contributed by atoms with Gasteiger partial charge in [-0.3, -0.25) is 19.3 Å². The number of halogens is 1. The number of fused-ring (bicyclic) bond motifs is 2. The van der Waals surface area contributed by atoms with Gasteiger partial charge in [0.2, 0.25) is 5.91 Å². The van der Waals surface area contributed by atoms with E-state index in [0.717, 1.165) is 21.4 Å². The molecule has 0 saturated carbocycles. The maximum atomic E-state index is 12.5. The normalized spacial score (nSPS) is 16.1. The van der Waals surface area contributed by atoms with Crippen molar-refractivity contribution in [2.45, 2.75) is 25.8 Å². The van der Waals surface area contributed by atoms with Crippen LogP contribution >= 0.6 is 15.9 Å². The van der Waals surface area contributed by atoms with Gasteiger partial charge in [-0.1, -0.05) is 22.0 Å². The zero-order valence-corrected chi connectivity index (χ0v) is 18.0. The molecule has 3 amide bonds. The quantitative estimate of drug-likeness (QED) is 0.673. The summed E-state index contributed by atoms with van der Waals surface area (Å²) in [5.41, 5.74) is 1.61. The molecule has 4 rings (SSSR count). The van der Waals surface area contributed by atoms with Gasteiger partial charge < -0.3 is 14.8 Å². The van der Waals surface area contributed by atoms with E-state index in [1.54, 1.807) is 18.2 Å². The number of amides is 3. The van der Waals surface area contributed by atoms with Gasteiger partial charge in [0.1, 0.15) is 0 Å². The maximum absolute atomic E-state index is 12.5. The second-order valence-corrected chi connectivity index (χ2v) is 8.16. The van der Waals surface area contributed by atoms with Crippen molar-refractivity contribution in [3.63, 3.8) is 0 Å². The monoisotopic (exact) mass is 472 g/mol. The molecule has 0 fully saturated rings. The lowest BCUT2D eigenvalue weighted by Gasteiger charge is -2.18. The molecule has 0 bridgehead atoms. The van der Waals surface area contributed by atoms with Gasteiger partial charge in [-0.25, -0.2) is 0 Å². The number of ether oxygens (including phenoxy) is 2. The molecule has 7 nitrogen and oxygen atoms in total. The number of carbonyl (C=O) groups excluding carboxylic acids is 3. The summed E-state index contributed by atoms with van der Waals surface area (Å²) in [6.45, 7) is 3.11. The second-order valence-electron chi connectivity index (χ2n) is 7.25. The minimum atomic E-state index is -0.375. The van der Waals surface area contributed by atoms with Crippen molar-refractivity contribution in [2.75, 3.05) is 19.8 Å². The van der Waals surface area contributed by atoms with Crippen molar-refractivity contribution >= 4 is 33.7 Å². The summed E-state index contributed by atoms with van der Waals surface area (Å²) in [7, 11) is 0. The van der Waals surface area contributed by atoms with Gasteiger partial charge in [0.05, 0.1) is 30.4 Å². The zero-order valence-electron chi connectivity index (χ0n) is 16.4. The van der Waals surface area contributed by atoms with E-state index < -0.39 is 0 Å². The molecule has 0 spiro atoms. The van der Waals surface area contributed by atoms with Crippen LogP contribution in [0.2, 0.25) is 0 Å². The Hall–Kier alpha value is -2.87. The third-order valence-electron chi connectivity index (χ3n) is 5.14. The third-order valence-corrected chi connectivity index (χ3v) is 5.64. The van der Waals surface area contributed by atoms with Gasteiger partial charge in [-0.15, -0.1) is 0 Å². The maximum Gasteiger partial charge on any atom is 0.261 e. The molecule has 0 saturated heterocycles. The molecule has 2 aromatic carbocycles. The average Bonchev–Trinajstić information content (AvgIpc) is 2.89. The molecule has 0 aliphatic carbocycles. The van der Waals surface area contributed by atoms with Crippen molar-refractivity contribution in [3.05, 3.63) is 57.6 Å². The molecule has 2 heterocycles. The SMILES string of the molecule is CC(NC(=O)CCN1C(=O)c2ccc(Br)cc2C1=O)c1ccc2c(c1)OCCCO2. The standard InChI is InChI=1S/C22H21BrN2O5/c1-13(14-3-6-18-19(11-14)30-10-2-9-29-18)24-20(26)7-8-25-21(27)16-5-4-15(23)12-17(16)22(25)28/h3-6,11-13H,2,7-10H2,1H3,(H,24,26). The molecule has 2 aliphatic rings. The fourth-order valence-corrected chi connectivity index (χ4v) is 3.89. The lowest BCUT2D eigenvalue weighted by Crippen LogP contribution is -2.35. The molecule has 30 heavy (non-hydrogen) atoms. The Kier molecular flexibility index (Phi) is 5.76. The first-order chi connectivity index (χ1) is 14.4. The van der Waals surface area contributed by atoms with Crippen molar-refractivity contribution in [2.24, 2.45) is 0 Å². The van der Waals surface area contributed by atoms with Crippen LogP contribution in [0.15, 0.2) is 40.9 Å². The Morgan fingerprint density at radius 3 is 2.60 bits per heavy atom.